The van der Waals surface area contributed by atoms with Crippen LogP contribution < -0.4 is 0 Å². The molecule has 17 heavy (non-hydrogen) atoms. The van der Waals surface area contributed by atoms with Crippen molar-refractivity contribution in [3.63, 3.8) is 0 Å². The van der Waals surface area contributed by atoms with Gasteiger partial charge in [-0.15, -0.1) is 0 Å². The Hall–Kier alpha value is -1.08. The van der Waals surface area contributed by atoms with E-state index in [9.17, 15) is 0 Å². The van der Waals surface area contributed by atoms with Crippen LogP contribution in [0.3, 0.4) is 0 Å². The number of rotatable bonds is 7. The minimum atomic E-state index is 0.701. The Morgan fingerprint density at radius 3 is 2.88 bits per heavy atom. The first-order valence-electron chi connectivity index (χ1n) is 6.65. The molecule has 0 unspecified atom stereocenters. The van der Waals surface area contributed by atoms with Gasteiger partial charge in [0.25, 0.3) is 0 Å². The van der Waals surface area contributed by atoms with Crippen LogP contribution in [0.15, 0.2) is 47.6 Å². The van der Waals surface area contributed by atoms with Gasteiger partial charge in [-0.25, -0.2) is 0 Å². The van der Waals surface area contributed by atoms with Crippen molar-refractivity contribution >= 4 is 0 Å². The van der Waals surface area contributed by atoms with Gasteiger partial charge in [0.2, 0.25) is 0 Å². The van der Waals surface area contributed by atoms with Crippen LogP contribution in [-0.4, -0.2) is 13.2 Å². The monoisotopic (exact) mass is 232 g/mol. The molecule has 0 saturated carbocycles. The summed E-state index contributed by atoms with van der Waals surface area (Å²) in [5.41, 5.74) is 2.71. The summed E-state index contributed by atoms with van der Waals surface area (Å²) in [5.74, 6) is 0. The minimum Gasteiger partial charge on any atom is -0.373 e. The normalized spacial score (nSPS) is 16.6. The maximum atomic E-state index is 5.61. The molecule has 0 aromatic heterocycles. The minimum absolute atomic E-state index is 0.701. The van der Waals surface area contributed by atoms with E-state index in [-0.39, 0.29) is 0 Å². The lowest BCUT2D eigenvalue weighted by Gasteiger charge is -2.06. The summed E-state index contributed by atoms with van der Waals surface area (Å²) in [6, 6.07) is 0. The van der Waals surface area contributed by atoms with Gasteiger partial charge in [-0.2, -0.15) is 0 Å². The van der Waals surface area contributed by atoms with Gasteiger partial charge in [0.15, 0.2) is 0 Å². The van der Waals surface area contributed by atoms with E-state index in [1.54, 1.807) is 0 Å². The average Bonchev–Trinajstić information content (AvgIpc) is 2.38. The number of hydrogen-bond donors (Lipinski definition) is 0. The molecule has 1 aliphatic rings. The molecule has 0 spiro atoms. The van der Waals surface area contributed by atoms with E-state index in [4.69, 9.17) is 4.74 Å². The van der Waals surface area contributed by atoms with Gasteiger partial charge in [0, 0.05) is 0 Å². The lowest BCUT2D eigenvalue weighted by molar-refractivity contribution is 0.188. The highest BCUT2D eigenvalue weighted by Crippen LogP contribution is 2.09. The first-order chi connectivity index (χ1) is 8.36. The maximum Gasteiger partial charge on any atom is 0.0717 e. The van der Waals surface area contributed by atoms with E-state index < -0.39 is 0 Å². The first-order valence-corrected chi connectivity index (χ1v) is 6.65. The van der Waals surface area contributed by atoms with E-state index in [0.717, 1.165) is 25.9 Å². The molecule has 0 bridgehead atoms. The zero-order valence-corrected chi connectivity index (χ0v) is 11.1. The largest absolute Gasteiger partial charge is 0.373 e. The SMILES string of the molecule is CC/C=C(\C=C/COCC1=CCCC=C1)CC. The molecule has 0 fully saturated rings. The van der Waals surface area contributed by atoms with Gasteiger partial charge >= 0.3 is 0 Å². The van der Waals surface area contributed by atoms with Gasteiger partial charge in [-0.1, -0.05) is 55.9 Å². The summed E-state index contributed by atoms with van der Waals surface area (Å²) in [7, 11) is 0. The number of allylic oxidation sites excluding steroid dienone is 5. The third-order valence-electron chi connectivity index (χ3n) is 2.76. The predicted octanol–water partition coefficient (Wildman–Crippen LogP) is 4.58. The molecule has 0 amide bonds. The highest BCUT2D eigenvalue weighted by molar-refractivity contribution is 5.22. The van der Waals surface area contributed by atoms with Crippen LogP contribution in [0.25, 0.3) is 0 Å². The Morgan fingerprint density at radius 2 is 2.24 bits per heavy atom. The predicted molar refractivity (Wildman–Crippen MR) is 75.1 cm³/mol. The molecular formula is C16H24O. The Kier molecular flexibility index (Phi) is 7.40. The highest BCUT2D eigenvalue weighted by atomic mass is 16.5. The van der Waals surface area contributed by atoms with E-state index in [1.807, 2.05) is 0 Å². The first kappa shape index (κ1) is 14.0. The van der Waals surface area contributed by atoms with Crippen LogP contribution >= 0.6 is 0 Å². The Bertz CT molecular complexity index is 318. The van der Waals surface area contributed by atoms with E-state index in [1.165, 1.54) is 17.6 Å². The molecule has 1 rings (SSSR count). The standard InChI is InChI=1S/C16H24O/c1-3-9-15(4-2)12-8-13-17-14-16-10-6-5-7-11-16/h6,8-12H,3-5,7,13-14H2,1-2H3/b12-8-,15-9-. The quantitative estimate of drug-likeness (QED) is 0.461. The van der Waals surface area contributed by atoms with Crippen molar-refractivity contribution in [1.82, 2.24) is 0 Å². The fraction of sp³-hybridized carbons (Fsp3) is 0.500. The maximum absolute atomic E-state index is 5.61. The smallest absolute Gasteiger partial charge is 0.0717 e. The topological polar surface area (TPSA) is 9.23 Å². The van der Waals surface area contributed by atoms with Crippen molar-refractivity contribution in [3.05, 3.63) is 47.6 Å². The molecule has 0 aliphatic heterocycles. The molecule has 0 N–H and O–H groups in total. The van der Waals surface area contributed by atoms with Crippen molar-refractivity contribution in [2.75, 3.05) is 13.2 Å². The van der Waals surface area contributed by atoms with E-state index >= 15 is 0 Å². The zero-order chi connectivity index (χ0) is 12.3. The second-order valence-electron chi connectivity index (χ2n) is 4.22. The van der Waals surface area contributed by atoms with E-state index in [0.29, 0.717) is 6.61 Å². The summed E-state index contributed by atoms with van der Waals surface area (Å²) in [5, 5.41) is 0. The van der Waals surface area contributed by atoms with Crippen LogP contribution in [-0.2, 0) is 4.74 Å². The average molecular weight is 232 g/mol. The molecule has 0 heterocycles. The molecule has 1 nitrogen and oxygen atoms in total. The highest BCUT2D eigenvalue weighted by Gasteiger charge is 1.96. The van der Waals surface area contributed by atoms with Crippen LogP contribution in [0.5, 0.6) is 0 Å². The summed E-state index contributed by atoms with van der Waals surface area (Å²) in [6.07, 6.45) is 17.7. The lowest BCUT2D eigenvalue weighted by Crippen LogP contribution is -1.98. The molecule has 0 radical (unpaired) electrons. The van der Waals surface area contributed by atoms with Crippen molar-refractivity contribution in [2.45, 2.75) is 39.5 Å². The summed E-state index contributed by atoms with van der Waals surface area (Å²) < 4.78 is 5.61. The van der Waals surface area contributed by atoms with Crippen molar-refractivity contribution in [3.8, 4) is 0 Å². The Morgan fingerprint density at radius 1 is 1.35 bits per heavy atom. The Labute approximate surface area is 106 Å². The van der Waals surface area contributed by atoms with Crippen LogP contribution in [0.4, 0.5) is 0 Å². The third kappa shape index (κ3) is 6.28. The molecule has 0 saturated heterocycles. The lowest BCUT2D eigenvalue weighted by atomic mass is 10.1. The fourth-order valence-electron chi connectivity index (χ4n) is 1.81. The summed E-state index contributed by atoms with van der Waals surface area (Å²) in [4.78, 5) is 0. The van der Waals surface area contributed by atoms with Crippen LogP contribution in [0, 0.1) is 0 Å². The fourth-order valence-corrected chi connectivity index (χ4v) is 1.81. The van der Waals surface area contributed by atoms with Gasteiger partial charge in [0.1, 0.15) is 0 Å². The number of ether oxygens (including phenoxy) is 1. The molecular weight excluding hydrogens is 208 g/mol. The van der Waals surface area contributed by atoms with Crippen molar-refractivity contribution in [2.24, 2.45) is 0 Å². The van der Waals surface area contributed by atoms with Crippen LogP contribution in [0.1, 0.15) is 39.5 Å². The third-order valence-corrected chi connectivity index (χ3v) is 2.76. The van der Waals surface area contributed by atoms with Crippen molar-refractivity contribution in [1.29, 1.82) is 0 Å². The molecule has 0 aromatic carbocycles. The Balaban J connectivity index is 2.19. The van der Waals surface area contributed by atoms with Gasteiger partial charge < -0.3 is 4.74 Å². The van der Waals surface area contributed by atoms with Gasteiger partial charge in [-0.3, -0.25) is 0 Å². The molecule has 1 heteroatoms. The molecule has 1 aliphatic carbocycles. The second kappa shape index (κ2) is 9.00. The molecule has 0 atom stereocenters. The molecule has 94 valence electrons. The van der Waals surface area contributed by atoms with Gasteiger partial charge in [0.05, 0.1) is 13.2 Å². The zero-order valence-electron chi connectivity index (χ0n) is 11.1. The van der Waals surface area contributed by atoms with Gasteiger partial charge in [-0.05, 0) is 31.3 Å². The summed E-state index contributed by atoms with van der Waals surface area (Å²) in [6.45, 7) is 5.79. The van der Waals surface area contributed by atoms with E-state index in [2.05, 4.69) is 50.3 Å². The summed E-state index contributed by atoms with van der Waals surface area (Å²) >= 11 is 0. The second-order valence-corrected chi connectivity index (χ2v) is 4.22. The van der Waals surface area contributed by atoms with Crippen LogP contribution in [0.2, 0.25) is 0 Å². The molecule has 0 aromatic rings. The van der Waals surface area contributed by atoms with Crippen molar-refractivity contribution < 1.29 is 4.74 Å². The number of hydrogen-bond acceptors (Lipinski definition) is 1.